The molecule has 2 aromatic rings. The third-order valence-electron chi connectivity index (χ3n) is 2.22. The first kappa shape index (κ1) is 13.3. The minimum absolute atomic E-state index is 0.0945. The van der Waals surface area contributed by atoms with Crippen molar-refractivity contribution in [2.75, 3.05) is 0 Å². The Balaban J connectivity index is 2.92. The first-order chi connectivity index (χ1) is 8.82. The van der Waals surface area contributed by atoms with Crippen LogP contribution in [0.3, 0.4) is 0 Å². The molecule has 0 saturated carbocycles. The van der Waals surface area contributed by atoms with E-state index >= 15 is 0 Å². The quantitative estimate of drug-likeness (QED) is 0.495. The number of hydrogen-bond donors (Lipinski definition) is 1. The summed E-state index contributed by atoms with van der Waals surface area (Å²) in [5.41, 5.74) is -4.02. The second-order valence-electron chi connectivity index (χ2n) is 3.42. The largest absolute Gasteiger partial charge is 0.334 e. The van der Waals surface area contributed by atoms with Gasteiger partial charge < -0.3 is 0 Å². The highest BCUT2D eigenvalue weighted by Gasteiger charge is 2.19. The average Bonchev–Trinajstić information content (AvgIpc) is 2.32. The van der Waals surface area contributed by atoms with E-state index in [1.807, 2.05) is 0 Å². The van der Waals surface area contributed by atoms with Gasteiger partial charge in [-0.25, -0.2) is 22.5 Å². The fraction of sp³-hybridized carbons (Fsp3) is 0. The second kappa shape index (κ2) is 4.54. The van der Waals surface area contributed by atoms with Gasteiger partial charge in [0.2, 0.25) is 5.82 Å². The molecule has 1 aromatic carbocycles. The molecule has 0 fully saturated rings. The number of nitrogens with zero attached hydrogens (tertiary/aromatic N) is 1. The van der Waals surface area contributed by atoms with Crippen LogP contribution in [0.1, 0.15) is 0 Å². The van der Waals surface area contributed by atoms with E-state index in [4.69, 9.17) is 11.6 Å². The molecule has 4 nitrogen and oxygen atoms in total. The highest BCUT2D eigenvalue weighted by Crippen LogP contribution is 2.16. The van der Waals surface area contributed by atoms with Crippen LogP contribution in [-0.4, -0.2) is 9.55 Å². The molecule has 0 amide bonds. The number of hydrogen-bond acceptors (Lipinski definition) is 2. The van der Waals surface area contributed by atoms with Gasteiger partial charge in [0.15, 0.2) is 16.8 Å². The van der Waals surface area contributed by atoms with Crippen LogP contribution in [0, 0.1) is 23.3 Å². The molecule has 9 heteroatoms. The summed E-state index contributed by atoms with van der Waals surface area (Å²) in [6.07, 6.45) is 0. The Morgan fingerprint density at radius 1 is 1.05 bits per heavy atom. The molecule has 1 heterocycles. The molecule has 0 aliphatic heterocycles. The Morgan fingerprint density at radius 3 is 2.32 bits per heavy atom. The van der Waals surface area contributed by atoms with Crippen molar-refractivity contribution in [2.24, 2.45) is 0 Å². The van der Waals surface area contributed by atoms with Crippen LogP contribution in [0.5, 0.6) is 0 Å². The second-order valence-corrected chi connectivity index (χ2v) is 3.80. The minimum atomic E-state index is -1.67. The molecule has 0 radical (unpaired) electrons. The Bertz CT molecular complexity index is 784. The normalized spacial score (nSPS) is 10.8. The first-order valence-corrected chi connectivity index (χ1v) is 5.06. The third-order valence-corrected chi connectivity index (χ3v) is 2.48. The standard InChI is InChI=1S/C10H3ClF4N2O2/c11-8-7(15)9(18)17(10(19)16-8)5-2-3(12)1-4(13)6(5)14/h1-2H,(H,16,19). The van der Waals surface area contributed by atoms with E-state index in [0.29, 0.717) is 6.07 Å². The molecule has 0 unspecified atom stereocenters. The van der Waals surface area contributed by atoms with E-state index in [0.717, 1.165) is 0 Å². The van der Waals surface area contributed by atoms with Gasteiger partial charge in [-0.05, 0) is 0 Å². The lowest BCUT2D eigenvalue weighted by atomic mass is 10.2. The summed E-state index contributed by atoms with van der Waals surface area (Å²) in [5, 5.41) is -0.886. The Labute approximate surface area is 106 Å². The van der Waals surface area contributed by atoms with Crippen molar-refractivity contribution >= 4 is 11.6 Å². The molecule has 0 bridgehead atoms. The summed E-state index contributed by atoms with van der Waals surface area (Å²) in [6.45, 7) is 0. The van der Waals surface area contributed by atoms with Gasteiger partial charge in [0, 0.05) is 12.1 Å². The maximum Gasteiger partial charge on any atom is 0.334 e. The minimum Gasteiger partial charge on any atom is -0.295 e. The van der Waals surface area contributed by atoms with Crippen molar-refractivity contribution in [1.29, 1.82) is 0 Å². The zero-order valence-corrected chi connectivity index (χ0v) is 9.56. The highest BCUT2D eigenvalue weighted by molar-refractivity contribution is 6.29. The zero-order valence-electron chi connectivity index (χ0n) is 8.81. The van der Waals surface area contributed by atoms with Crippen molar-refractivity contribution in [3.05, 3.63) is 61.4 Å². The average molecular weight is 295 g/mol. The molecule has 0 atom stereocenters. The number of benzene rings is 1. The lowest BCUT2D eigenvalue weighted by molar-refractivity contribution is 0.486. The van der Waals surface area contributed by atoms with E-state index in [-0.39, 0.29) is 10.6 Å². The summed E-state index contributed by atoms with van der Waals surface area (Å²) in [6, 6.07) is 0.590. The Morgan fingerprint density at radius 2 is 1.68 bits per heavy atom. The van der Waals surface area contributed by atoms with Gasteiger partial charge >= 0.3 is 5.69 Å². The monoisotopic (exact) mass is 294 g/mol. The molecular weight excluding hydrogens is 292 g/mol. The van der Waals surface area contributed by atoms with Gasteiger partial charge in [-0.2, -0.15) is 4.39 Å². The summed E-state index contributed by atoms with van der Waals surface area (Å²) in [7, 11) is 0. The van der Waals surface area contributed by atoms with Gasteiger partial charge in [-0.3, -0.25) is 9.78 Å². The van der Waals surface area contributed by atoms with Gasteiger partial charge in [-0.15, -0.1) is 0 Å². The molecule has 0 saturated heterocycles. The van der Waals surface area contributed by atoms with Crippen molar-refractivity contribution < 1.29 is 17.6 Å². The lowest BCUT2D eigenvalue weighted by Crippen LogP contribution is -2.36. The summed E-state index contributed by atoms with van der Waals surface area (Å²) < 4.78 is 52.6. The number of nitrogens with one attached hydrogen (secondary N) is 1. The van der Waals surface area contributed by atoms with Gasteiger partial charge in [0.25, 0.3) is 5.56 Å². The predicted octanol–water partition coefficient (Wildman–Crippen LogP) is 1.74. The first-order valence-electron chi connectivity index (χ1n) is 4.68. The van der Waals surface area contributed by atoms with E-state index < -0.39 is 45.4 Å². The Hall–Kier alpha value is -2.09. The number of halogens is 5. The van der Waals surface area contributed by atoms with Crippen molar-refractivity contribution in [2.45, 2.75) is 0 Å². The van der Waals surface area contributed by atoms with Crippen LogP contribution in [0.15, 0.2) is 21.7 Å². The van der Waals surface area contributed by atoms with E-state index in [9.17, 15) is 27.2 Å². The maximum atomic E-state index is 13.5. The lowest BCUT2D eigenvalue weighted by Gasteiger charge is -2.07. The molecular formula is C10H3ClF4N2O2. The number of H-pyrrole nitrogens is 1. The van der Waals surface area contributed by atoms with Crippen molar-refractivity contribution in [3.8, 4) is 5.69 Å². The fourth-order valence-corrected chi connectivity index (χ4v) is 1.57. The van der Waals surface area contributed by atoms with E-state index in [1.165, 1.54) is 0 Å². The van der Waals surface area contributed by atoms with Crippen LogP contribution in [-0.2, 0) is 0 Å². The molecule has 0 aliphatic carbocycles. The molecule has 1 aromatic heterocycles. The van der Waals surface area contributed by atoms with Crippen LogP contribution in [0.2, 0.25) is 5.15 Å². The number of rotatable bonds is 1. The van der Waals surface area contributed by atoms with E-state index in [2.05, 4.69) is 0 Å². The van der Waals surface area contributed by atoms with Gasteiger partial charge in [-0.1, -0.05) is 11.6 Å². The summed E-state index contributed by atoms with van der Waals surface area (Å²) in [5.74, 6) is -6.12. The molecule has 0 spiro atoms. The molecule has 1 N–H and O–H groups in total. The number of aromatic nitrogens is 2. The van der Waals surface area contributed by atoms with Crippen LogP contribution in [0.4, 0.5) is 17.6 Å². The molecule has 19 heavy (non-hydrogen) atoms. The van der Waals surface area contributed by atoms with Crippen molar-refractivity contribution in [3.63, 3.8) is 0 Å². The van der Waals surface area contributed by atoms with Crippen LogP contribution >= 0.6 is 11.6 Å². The topological polar surface area (TPSA) is 54.9 Å². The summed E-state index contributed by atoms with van der Waals surface area (Å²) in [4.78, 5) is 24.6. The highest BCUT2D eigenvalue weighted by atomic mass is 35.5. The van der Waals surface area contributed by atoms with Crippen LogP contribution in [0.25, 0.3) is 5.69 Å². The smallest absolute Gasteiger partial charge is 0.295 e. The predicted molar refractivity (Wildman–Crippen MR) is 57.5 cm³/mol. The van der Waals surface area contributed by atoms with Gasteiger partial charge in [0.05, 0.1) is 5.69 Å². The SMILES string of the molecule is O=c1[nH]c(Cl)c(F)c(=O)n1-c1cc(F)cc(F)c1F. The van der Waals surface area contributed by atoms with E-state index in [1.54, 1.807) is 4.98 Å². The molecule has 100 valence electrons. The summed E-state index contributed by atoms with van der Waals surface area (Å²) >= 11 is 5.20. The molecule has 2 rings (SSSR count). The maximum absolute atomic E-state index is 13.5. The third kappa shape index (κ3) is 2.14. The number of aromatic amines is 1. The zero-order chi connectivity index (χ0) is 14.3. The van der Waals surface area contributed by atoms with Crippen molar-refractivity contribution in [1.82, 2.24) is 9.55 Å². The van der Waals surface area contributed by atoms with Crippen LogP contribution < -0.4 is 11.2 Å². The fourth-order valence-electron chi connectivity index (χ4n) is 1.41. The Kier molecular flexibility index (Phi) is 3.19. The van der Waals surface area contributed by atoms with Gasteiger partial charge in [0.1, 0.15) is 5.82 Å². The molecule has 0 aliphatic rings.